The lowest BCUT2D eigenvalue weighted by Crippen LogP contribution is -2.33. The summed E-state index contributed by atoms with van der Waals surface area (Å²) in [6.07, 6.45) is 0.155. The van der Waals surface area contributed by atoms with Crippen LogP contribution in [0.1, 0.15) is 33.2 Å². The van der Waals surface area contributed by atoms with Crippen molar-refractivity contribution in [2.75, 3.05) is 13.7 Å². The van der Waals surface area contributed by atoms with Gasteiger partial charge in [0.1, 0.15) is 11.3 Å². The van der Waals surface area contributed by atoms with Gasteiger partial charge >= 0.3 is 5.97 Å². The van der Waals surface area contributed by atoms with Crippen molar-refractivity contribution in [1.29, 1.82) is 0 Å². The Kier molecular flexibility index (Phi) is 5.00. The van der Waals surface area contributed by atoms with E-state index in [1.165, 1.54) is 13.2 Å². The highest BCUT2D eigenvalue weighted by Crippen LogP contribution is 2.27. The van der Waals surface area contributed by atoms with Crippen LogP contribution in [0.3, 0.4) is 0 Å². The fraction of sp³-hybridized carbons (Fsp3) is 0.263. The van der Waals surface area contributed by atoms with Gasteiger partial charge in [-0.1, -0.05) is 30.3 Å². The largest absolute Gasteiger partial charge is 0.496 e. The minimum atomic E-state index is -1.07. The summed E-state index contributed by atoms with van der Waals surface area (Å²) in [5.74, 6) is -1.03. The summed E-state index contributed by atoms with van der Waals surface area (Å²) in [5.41, 5.74) is 2.74. The van der Waals surface area contributed by atoms with Gasteiger partial charge in [0.05, 0.1) is 13.7 Å². The number of fused-ring (bicyclic) bond motifs is 1. The van der Waals surface area contributed by atoms with Crippen molar-refractivity contribution < 1.29 is 24.2 Å². The van der Waals surface area contributed by atoms with Crippen LogP contribution in [0.25, 0.3) is 0 Å². The minimum Gasteiger partial charge on any atom is -0.496 e. The van der Waals surface area contributed by atoms with Crippen molar-refractivity contribution in [3.63, 3.8) is 0 Å². The van der Waals surface area contributed by atoms with Crippen molar-refractivity contribution in [2.24, 2.45) is 0 Å². The number of carbonyl (C=O) groups excluding carboxylic acids is 1. The quantitative estimate of drug-likeness (QED) is 0.872. The van der Waals surface area contributed by atoms with Crippen molar-refractivity contribution in [2.45, 2.75) is 19.1 Å². The molecule has 25 heavy (non-hydrogen) atoms. The third kappa shape index (κ3) is 3.64. The number of hydrogen-bond acceptors (Lipinski definition) is 4. The molecule has 3 rings (SSSR count). The van der Waals surface area contributed by atoms with Crippen LogP contribution in [0.4, 0.5) is 0 Å². The number of carboxylic acid groups (broad SMARTS) is 1. The molecule has 0 saturated carbocycles. The highest BCUT2D eigenvalue weighted by atomic mass is 16.5. The second-order valence-electron chi connectivity index (χ2n) is 5.76. The average molecular weight is 341 g/mol. The molecule has 1 unspecified atom stereocenters. The molecule has 0 saturated heterocycles. The smallest absolute Gasteiger partial charge is 0.339 e. The number of amides is 1. The maximum Gasteiger partial charge on any atom is 0.339 e. The van der Waals surface area contributed by atoms with Gasteiger partial charge < -0.3 is 19.9 Å². The average Bonchev–Trinajstić information content (AvgIpc) is 2.65. The molecule has 2 N–H and O–H groups in total. The molecule has 0 aliphatic carbocycles. The zero-order chi connectivity index (χ0) is 17.8. The second-order valence-corrected chi connectivity index (χ2v) is 5.76. The molecule has 6 heteroatoms. The molecule has 0 spiro atoms. The van der Waals surface area contributed by atoms with Gasteiger partial charge in [-0.15, -0.1) is 0 Å². The molecule has 1 atom stereocenters. The lowest BCUT2D eigenvalue weighted by atomic mass is 9.97. The molecule has 130 valence electrons. The van der Waals surface area contributed by atoms with Gasteiger partial charge in [-0.05, 0) is 35.2 Å². The molecule has 1 aliphatic heterocycles. The lowest BCUT2D eigenvalue weighted by Gasteiger charge is -2.25. The number of benzene rings is 2. The molecule has 1 amide bonds. The van der Waals surface area contributed by atoms with Crippen LogP contribution in [-0.4, -0.2) is 30.7 Å². The Morgan fingerprint density at radius 3 is 2.84 bits per heavy atom. The van der Waals surface area contributed by atoms with Crippen LogP contribution in [0.2, 0.25) is 0 Å². The van der Waals surface area contributed by atoms with E-state index in [0.717, 1.165) is 17.5 Å². The second kappa shape index (κ2) is 7.36. The Balaban J connectivity index is 1.71. The van der Waals surface area contributed by atoms with E-state index in [2.05, 4.69) is 5.32 Å². The highest BCUT2D eigenvalue weighted by molar-refractivity contribution is 5.91. The Morgan fingerprint density at radius 2 is 2.08 bits per heavy atom. The predicted octanol–water partition coefficient (Wildman–Crippen LogP) is 2.32. The third-order valence-electron chi connectivity index (χ3n) is 4.19. The van der Waals surface area contributed by atoms with Crippen LogP contribution >= 0.6 is 0 Å². The van der Waals surface area contributed by atoms with Crippen LogP contribution in [0.5, 0.6) is 5.75 Å². The van der Waals surface area contributed by atoms with E-state index in [9.17, 15) is 14.7 Å². The zero-order valence-corrected chi connectivity index (χ0v) is 13.8. The Hall–Kier alpha value is -2.86. The molecule has 1 aliphatic rings. The van der Waals surface area contributed by atoms with Gasteiger partial charge in [-0.3, -0.25) is 4.79 Å². The fourth-order valence-corrected chi connectivity index (χ4v) is 2.93. The Labute approximate surface area is 145 Å². The number of nitrogens with one attached hydrogen (secondary N) is 1. The molecule has 0 radical (unpaired) electrons. The molecule has 6 nitrogen and oxygen atoms in total. The van der Waals surface area contributed by atoms with Crippen LogP contribution in [0, 0.1) is 0 Å². The topological polar surface area (TPSA) is 84.9 Å². The molecule has 2 aromatic carbocycles. The highest BCUT2D eigenvalue weighted by Gasteiger charge is 2.26. The van der Waals surface area contributed by atoms with Gasteiger partial charge in [0.2, 0.25) is 0 Å². The summed E-state index contributed by atoms with van der Waals surface area (Å²) in [4.78, 5) is 23.8. The molecule has 0 bridgehead atoms. The van der Waals surface area contributed by atoms with Gasteiger partial charge in [-0.2, -0.15) is 0 Å². The molecular formula is C19H19NO5. The number of hydrogen-bond donors (Lipinski definition) is 2. The van der Waals surface area contributed by atoms with Crippen molar-refractivity contribution >= 4 is 11.9 Å². The number of ether oxygens (including phenoxy) is 2. The predicted molar refractivity (Wildman–Crippen MR) is 90.6 cm³/mol. The Bertz CT molecular complexity index is 802. The minimum absolute atomic E-state index is 0.0634. The summed E-state index contributed by atoms with van der Waals surface area (Å²) < 4.78 is 10.7. The van der Waals surface area contributed by atoms with Gasteiger partial charge in [-0.25, -0.2) is 4.79 Å². The number of carboxylic acids is 1. The zero-order valence-electron chi connectivity index (χ0n) is 13.8. The first-order chi connectivity index (χ1) is 12.1. The summed E-state index contributed by atoms with van der Waals surface area (Å²) >= 11 is 0. The van der Waals surface area contributed by atoms with E-state index in [1.54, 1.807) is 12.1 Å². The lowest BCUT2D eigenvalue weighted by molar-refractivity contribution is -0.134. The van der Waals surface area contributed by atoms with E-state index in [0.29, 0.717) is 12.2 Å². The third-order valence-corrected chi connectivity index (χ3v) is 4.19. The maximum atomic E-state index is 12.5. The van der Waals surface area contributed by atoms with Crippen molar-refractivity contribution in [1.82, 2.24) is 5.32 Å². The number of aromatic carboxylic acids is 1. The molecular weight excluding hydrogens is 322 g/mol. The van der Waals surface area contributed by atoms with E-state index in [-0.39, 0.29) is 23.8 Å². The van der Waals surface area contributed by atoms with Gasteiger partial charge in [0.25, 0.3) is 5.91 Å². The molecule has 1 heterocycles. The van der Waals surface area contributed by atoms with E-state index >= 15 is 0 Å². The number of carbonyl (C=O) groups is 2. The number of methoxy groups -OCH3 is 1. The first-order valence-electron chi connectivity index (χ1n) is 7.97. The summed E-state index contributed by atoms with van der Waals surface area (Å²) in [6, 6.07) is 12.5. The van der Waals surface area contributed by atoms with Gasteiger partial charge in [0, 0.05) is 6.54 Å². The van der Waals surface area contributed by atoms with E-state index in [4.69, 9.17) is 9.47 Å². The standard InChI is InChI=1S/C19H19NO5/c1-24-16-7-6-12(10-15(16)19(22)23)11-20-18(21)17-14-5-3-2-4-13(14)8-9-25-17/h2-7,10,17H,8-9,11H2,1H3,(H,20,21)(H,22,23). The molecule has 0 fully saturated rings. The van der Waals surface area contributed by atoms with Crippen LogP contribution < -0.4 is 10.1 Å². The van der Waals surface area contributed by atoms with E-state index in [1.807, 2.05) is 24.3 Å². The summed E-state index contributed by atoms with van der Waals surface area (Å²) in [7, 11) is 1.42. The summed E-state index contributed by atoms with van der Waals surface area (Å²) in [5, 5.41) is 12.0. The SMILES string of the molecule is COc1ccc(CNC(=O)C2OCCc3ccccc32)cc1C(=O)O. The fourth-order valence-electron chi connectivity index (χ4n) is 2.93. The first-order valence-corrected chi connectivity index (χ1v) is 7.97. The van der Waals surface area contributed by atoms with Crippen molar-refractivity contribution in [3.05, 3.63) is 64.7 Å². The van der Waals surface area contributed by atoms with Crippen LogP contribution in [0.15, 0.2) is 42.5 Å². The summed E-state index contributed by atoms with van der Waals surface area (Å²) in [6.45, 7) is 0.714. The van der Waals surface area contributed by atoms with Crippen LogP contribution in [-0.2, 0) is 22.5 Å². The van der Waals surface area contributed by atoms with E-state index < -0.39 is 12.1 Å². The number of rotatable bonds is 5. The molecule has 0 aromatic heterocycles. The van der Waals surface area contributed by atoms with Crippen molar-refractivity contribution in [3.8, 4) is 5.75 Å². The van der Waals surface area contributed by atoms with Gasteiger partial charge in [0.15, 0.2) is 6.10 Å². The normalized spacial score (nSPS) is 16.0. The first kappa shape index (κ1) is 17.0. The Morgan fingerprint density at radius 1 is 1.28 bits per heavy atom. The monoisotopic (exact) mass is 341 g/mol. The molecule has 2 aromatic rings. The maximum absolute atomic E-state index is 12.5.